The van der Waals surface area contributed by atoms with Crippen LogP contribution in [0.4, 0.5) is 0 Å². The molecule has 0 saturated heterocycles. The first-order valence-corrected chi connectivity index (χ1v) is 11.6. The average molecular weight is 469 g/mol. The number of benzene rings is 2. The second kappa shape index (κ2) is 8.59. The number of amides is 1. The van der Waals surface area contributed by atoms with E-state index in [1.54, 1.807) is 22.8 Å². The fraction of sp³-hybridized carbons (Fsp3) is 0.158. The molecule has 1 aromatic heterocycles. The van der Waals surface area contributed by atoms with Crippen LogP contribution in [-0.2, 0) is 21.2 Å². The minimum Gasteiger partial charge on any atom is -0.482 e. The number of carbonyl (C=O) groups excluding carboxylic acids is 1. The first kappa shape index (κ1) is 21.4. The van der Waals surface area contributed by atoms with E-state index in [1.807, 2.05) is 0 Å². The molecule has 29 heavy (non-hydrogen) atoms. The van der Waals surface area contributed by atoms with Crippen LogP contribution in [0.2, 0.25) is 10.0 Å². The Morgan fingerprint density at radius 3 is 2.69 bits per heavy atom. The second-order valence-corrected chi connectivity index (χ2v) is 9.81. The second-order valence-electron chi connectivity index (χ2n) is 5.95. The van der Waals surface area contributed by atoms with E-state index in [4.69, 9.17) is 34.4 Å². The van der Waals surface area contributed by atoms with Gasteiger partial charge in [0.25, 0.3) is 5.91 Å². The van der Waals surface area contributed by atoms with E-state index in [2.05, 4.69) is 10.9 Å². The van der Waals surface area contributed by atoms with Gasteiger partial charge in [-0.1, -0.05) is 40.5 Å². The number of hydrogen-bond acceptors (Lipinski definition) is 5. The molecule has 0 N–H and O–H groups in total. The lowest BCUT2D eigenvalue weighted by Crippen LogP contribution is -2.19. The van der Waals surface area contributed by atoms with Gasteiger partial charge in [-0.05, 0) is 36.4 Å². The third-order valence-corrected chi connectivity index (χ3v) is 6.48. The van der Waals surface area contributed by atoms with Crippen molar-refractivity contribution in [2.45, 2.75) is 11.4 Å². The molecular weight excluding hydrogens is 455 g/mol. The lowest BCUT2D eigenvalue weighted by atomic mass is 10.3. The van der Waals surface area contributed by atoms with Gasteiger partial charge in [-0.25, -0.2) is 8.42 Å². The topological polar surface area (TPSA) is 77.7 Å². The third-order valence-electron chi connectivity index (χ3n) is 3.80. The summed E-state index contributed by atoms with van der Waals surface area (Å²) in [6.45, 7) is -0.158. The molecule has 0 radical (unpaired) electrons. The monoisotopic (exact) mass is 468 g/mol. The van der Waals surface area contributed by atoms with Crippen molar-refractivity contribution in [1.29, 1.82) is 0 Å². The molecule has 0 saturated carbocycles. The third kappa shape index (κ3) is 5.00. The Hall–Kier alpha value is -2.31. The number of fused-ring (bicyclic) bond motifs is 1. The quantitative estimate of drug-likeness (QED) is 0.536. The predicted octanol–water partition coefficient (Wildman–Crippen LogP) is 3.55. The van der Waals surface area contributed by atoms with Crippen LogP contribution in [0.5, 0.6) is 5.75 Å². The Balaban J connectivity index is 1.94. The summed E-state index contributed by atoms with van der Waals surface area (Å²) >= 11 is 13.0. The smallest absolute Gasteiger partial charge is 0.286 e. The number of halogens is 2. The van der Waals surface area contributed by atoms with E-state index < -0.39 is 15.7 Å². The standard InChI is InChI=1S/C19H14Cl2N2O4S2/c1-3-8-23-15-6-5-13(29(2,25)26)10-17(15)28-19(23)22-18(24)11-27-16-7-4-12(20)9-14(16)21/h1,4-7,9-10H,8,11H2,2H3. The fourth-order valence-corrected chi connectivity index (χ4v) is 4.76. The van der Waals surface area contributed by atoms with Crippen molar-refractivity contribution in [2.24, 2.45) is 4.99 Å². The van der Waals surface area contributed by atoms with Gasteiger partial charge < -0.3 is 9.30 Å². The van der Waals surface area contributed by atoms with Gasteiger partial charge >= 0.3 is 0 Å². The molecule has 6 nitrogen and oxygen atoms in total. The van der Waals surface area contributed by atoms with Crippen molar-refractivity contribution in [3.05, 3.63) is 51.2 Å². The van der Waals surface area contributed by atoms with E-state index in [9.17, 15) is 13.2 Å². The molecule has 1 heterocycles. The Kier molecular flexibility index (Phi) is 6.34. The van der Waals surface area contributed by atoms with Gasteiger partial charge in [0.15, 0.2) is 21.2 Å². The molecule has 3 aromatic rings. The molecule has 0 bridgehead atoms. The molecule has 0 atom stereocenters. The first-order valence-electron chi connectivity index (χ1n) is 8.11. The van der Waals surface area contributed by atoms with E-state index in [-0.39, 0.29) is 23.1 Å². The highest BCUT2D eigenvalue weighted by Crippen LogP contribution is 2.27. The number of hydrogen-bond donors (Lipinski definition) is 0. The van der Waals surface area contributed by atoms with Crippen LogP contribution in [0.3, 0.4) is 0 Å². The summed E-state index contributed by atoms with van der Waals surface area (Å²) < 4.78 is 31.3. The van der Waals surface area contributed by atoms with Crippen molar-refractivity contribution in [3.63, 3.8) is 0 Å². The van der Waals surface area contributed by atoms with Gasteiger partial charge in [0, 0.05) is 11.3 Å². The largest absolute Gasteiger partial charge is 0.482 e. The predicted molar refractivity (Wildman–Crippen MR) is 114 cm³/mol. The fourth-order valence-electron chi connectivity index (χ4n) is 2.48. The van der Waals surface area contributed by atoms with Gasteiger partial charge in [-0.2, -0.15) is 4.99 Å². The first-order chi connectivity index (χ1) is 13.7. The summed E-state index contributed by atoms with van der Waals surface area (Å²) in [5.41, 5.74) is 0.688. The molecule has 0 aliphatic rings. The highest BCUT2D eigenvalue weighted by molar-refractivity contribution is 7.90. The molecule has 0 aliphatic heterocycles. The van der Waals surface area contributed by atoms with E-state index in [0.29, 0.717) is 25.8 Å². The van der Waals surface area contributed by atoms with Crippen molar-refractivity contribution in [2.75, 3.05) is 12.9 Å². The number of terminal acetylenes is 1. The number of carbonyl (C=O) groups is 1. The van der Waals surface area contributed by atoms with Crippen LogP contribution in [0, 0.1) is 12.3 Å². The van der Waals surface area contributed by atoms with Crippen LogP contribution in [0.25, 0.3) is 10.2 Å². The Morgan fingerprint density at radius 2 is 2.03 bits per heavy atom. The summed E-state index contributed by atoms with van der Waals surface area (Å²) in [4.78, 5) is 16.9. The zero-order chi connectivity index (χ0) is 21.2. The minimum atomic E-state index is -3.36. The molecule has 3 rings (SSSR count). The zero-order valence-electron chi connectivity index (χ0n) is 15.1. The summed E-state index contributed by atoms with van der Waals surface area (Å²) in [5.74, 6) is 2.28. The highest BCUT2D eigenvalue weighted by atomic mass is 35.5. The van der Waals surface area contributed by atoms with Gasteiger partial charge in [0.2, 0.25) is 0 Å². The minimum absolute atomic E-state index is 0.175. The molecule has 10 heteroatoms. The lowest BCUT2D eigenvalue weighted by Gasteiger charge is -2.05. The van der Waals surface area contributed by atoms with Gasteiger partial charge in [-0.15, -0.1) is 6.42 Å². The molecular formula is C19H14Cl2N2O4S2. The summed E-state index contributed by atoms with van der Waals surface area (Å²) in [6, 6.07) is 9.34. The molecule has 150 valence electrons. The van der Waals surface area contributed by atoms with Crippen LogP contribution in [0.15, 0.2) is 46.3 Å². The number of ether oxygens (including phenoxy) is 1. The molecule has 0 aliphatic carbocycles. The van der Waals surface area contributed by atoms with Crippen LogP contribution in [-0.4, -0.2) is 31.8 Å². The molecule has 0 fully saturated rings. The normalized spacial score (nSPS) is 12.1. The molecule has 1 amide bonds. The Labute approximate surface area is 181 Å². The van der Waals surface area contributed by atoms with Gasteiger partial charge in [0.1, 0.15) is 5.75 Å². The Bertz CT molecular complexity index is 1320. The van der Waals surface area contributed by atoms with Gasteiger partial charge in [-0.3, -0.25) is 4.79 Å². The van der Waals surface area contributed by atoms with Crippen molar-refractivity contribution < 1.29 is 17.9 Å². The van der Waals surface area contributed by atoms with Crippen LogP contribution in [0.1, 0.15) is 0 Å². The number of thiazole rings is 1. The number of rotatable bonds is 5. The van der Waals surface area contributed by atoms with E-state index in [1.165, 1.54) is 29.5 Å². The van der Waals surface area contributed by atoms with Crippen molar-refractivity contribution in [1.82, 2.24) is 4.57 Å². The summed E-state index contributed by atoms with van der Waals surface area (Å²) in [5, 5.41) is 0.732. The Morgan fingerprint density at radius 1 is 1.28 bits per heavy atom. The van der Waals surface area contributed by atoms with E-state index >= 15 is 0 Å². The SMILES string of the molecule is C#CCn1c(=NC(=O)COc2ccc(Cl)cc2Cl)sc2cc(S(C)(=O)=O)ccc21. The average Bonchev–Trinajstić information content (AvgIpc) is 2.97. The summed E-state index contributed by atoms with van der Waals surface area (Å²) in [6.07, 6.45) is 6.56. The highest BCUT2D eigenvalue weighted by Gasteiger charge is 2.13. The van der Waals surface area contributed by atoms with Crippen LogP contribution >= 0.6 is 34.5 Å². The maximum atomic E-state index is 12.3. The van der Waals surface area contributed by atoms with Crippen molar-refractivity contribution >= 4 is 60.5 Å². The zero-order valence-corrected chi connectivity index (χ0v) is 18.2. The van der Waals surface area contributed by atoms with Crippen molar-refractivity contribution in [3.8, 4) is 18.1 Å². The molecule has 0 unspecified atom stereocenters. The summed E-state index contributed by atoms with van der Waals surface area (Å²) in [7, 11) is -3.36. The van der Waals surface area contributed by atoms with Gasteiger partial charge in [0.05, 0.1) is 26.7 Å². The number of aromatic nitrogens is 1. The number of sulfone groups is 1. The maximum Gasteiger partial charge on any atom is 0.286 e. The van der Waals surface area contributed by atoms with Crippen LogP contribution < -0.4 is 9.54 Å². The number of nitrogens with zero attached hydrogens (tertiary/aromatic N) is 2. The molecule has 0 spiro atoms. The lowest BCUT2D eigenvalue weighted by molar-refractivity contribution is -0.120. The maximum absolute atomic E-state index is 12.3. The van der Waals surface area contributed by atoms with E-state index in [0.717, 1.165) is 6.26 Å². The molecule has 2 aromatic carbocycles.